The number of aryl methyl sites for hydroxylation is 2. The van der Waals surface area contributed by atoms with Gasteiger partial charge in [0.2, 0.25) is 0 Å². The van der Waals surface area contributed by atoms with Gasteiger partial charge in [0.15, 0.2) is 12.4 Å². The summed E-state index contributed by atoms with van der Waals surface area (Å²) < 4.78 is 5.31. The van der Waals surface area contributed by atoms with Crippen LogP contribution in [-0.2, 0) is 4.74 Å². The molecular weight excluding hydrogens is 420 g/mol. The van der Waals surface area contributed by atoms with Crippen LogP contribution in [0.5, 0.6) is 0 Å². The minimum absolute atomic E-state index is 0.120. The van der Waals surface area contributed by atoms with Gasteiger partial charge in [0.1, 0.15) is 0 Å². The number of aromatic nitrogens is 1. The van der Waals surface area contributed by atoms with Crippen LogP contribution in [0.2, 0.25) is 0 Å². The molecule has 0 radical (unpaired) electrons. The molecule has 164 valence electrons. The smallest absolute Gasteiger partial charge is 0.339 e. The molecule has 4 rings (SSSR count). The number of nitro benzene ring substituents is 1. The van der Waals surface area contributed by atoms with Crippen molar-refractivity contribution in [3.8, 4) is 11.3 Å². The number of ether oxygens (including phenoxy) is 1. The van der Waals surface area contributed by atoms with Crippen LogP contribution in [0.15, 0.2) is 72.8 Å². The number of ketones is 1. The average Bonchev–Trinajstić information content (AvgIpc) is 2.83. The Hall–Kier alpha value is -4.39. The van der Waals surface area contributed by atoms with Gasteiger partial charge in [-0.05, 0) is 55.3 Å². The molecule has 0 aliphatic rings. The summed E-state index contributed by atoms with van der Waals surface area (Å²) >= 11 is 0. The Bertz CT molecular complexity index is 1390. The van der Waals surface area contributed by atoms with Gasteiger partial charge < -0.3 is 4.74 Å². The van der Waals surface area contributed by atoms with E-state index in [1.54, 1.807) is 18.2 Å². The van der Waals surface area contributed by atoms with Gasteiger partial charge in [0.05, 0.1) is 21.7 Å². The molecule has 0 saturated carbocycles. The minimum atomic E-state index is -0.644. The molecule has 0 bridgehead atoms. The van der Waals surface area contributed by atoms with E-state index >= 15 is 0 Å². The molecule has 0 saturated heterocycles. The zero-order valence-corrected chi connectivity index (χ0v) is 18.1. The summed E-state index contributed by atoms with van der Waals surface area (Å²) in [7, 11) is 0. The standard InChI is InChI=1S/C26H20N2O5/c1-16-7-8-19(13-17(16)2)24-14-22(21-5-3-4-6-23(21)27-24)26(30)33-15-25(29)18-9-11-20(12-10-18)28(31)32/h3-14H,15H2,1-2H3. The lowest BCUT2D eigenvalue weighted by Gasteiger charge is -2.11. The maximum Gasteiger partial charge on any atom is 0.339 e. The highest BCUT2D eigenvalue weighted by Crippen LogP contribution is 2.27. The maximum atomic E-state index is 13.0. The first kappa shape index (κ1) is 21.8. The number of hydrogen-bond donors (Lipinski definition) is 0. The van der Waals surface area contributed by atoms with E-state index in [4.69, 9.17) is 9.72 Å². The summed E-state index contributed by atoms with van der Waals surface area (Å²) in [5.74, 6) is -1.10. The zero-order chi connectivity index (χ0) is 23.5. The fourth-order valence-electron chi connectivity index (χ4n) is 3.45. The average molecular weight is 440 g/mol. The third-order valence-electron chi connectivity index (χ3n) is 5.47. The summed E-state index contributed by atoms with van der Waals surface area (Å²) in [6, 6.07) is 20.0. The second kappa shape index (κ2) is 9.00. The zero-order valence-electron chi connectivity index (χ0n) is 18.1. The summed E-state index contributed by atoms with van der Waals surface area (Å²) in [6.07, 6.45) is 0. The monoisotopic (exact) mass is 440 g/mol. The van der Waals surface area contributed by atoms with Crippen LogP contribution >= 0.6 is 0 Å². The van der Waals surface area contributed by atoms with Crippen LogP contribution in [0.25, 0.3) is 22.2 Å². The molecule has 0 aliphatic heterocycles. The molecule has 4 aromatic rings. The Kier molecular flexibility index (Phi) is 5.95. The van der Waals surface area contributed by atoms with Crippen molar-refractivity contribution in [3.05, 3.63) is 105 Å². The number of Topliss-reactive ketones (excluding diaryl/α,β-unsaturated/α-hetero) is 1. The summed E-state index contributed by atoms with van der Waals surface area (Å²) in [5, 5.41) is 11.4. The van der Waals surface area contributed by atoms with Crippen molar-refractivity contribution in [2.45, 2.75) is 13.8 Å². The molecule has 7 nitrogen and oxygen atoms in total. The molecule has 0 amide bonds. The predicted octanol–water partition coefficient (Wildman–Crippen LogP) is 5.47. The van der Waals surface area contributed by atoms with E-state index in [1.807, 2.05) is 44.2 Å². The number of rotatable bonds is 6. The Morgan fingerprint density at radius 1 is 0.939 bits per heavy atom. The fraction of sp³-hybridized carbons (Fsp3) is 0.115. The normalized spacial score (nSPS) is 10.7. The van der Waals surface area contributed by atoms with Crippen LogP contribution in [0.4, 0.5) is 5.69 Å². The molecule has 7 heteroatoms. The Morgan fingerprint density at radius 3 is 2.36 bits per heavy atom. The Balaban J connectivity index is 1.61. The van der Waals surface area contributed by atoms with Gasteiger partial charge in [-0.3, -0.25) is 14.9 Å². The third kappa shape index (κ3) is 4.62. The van der Waals surface area contributed by atoms with Gasteiger partial charge in [-0.1, -0.05) is 30.3 Å². The lowest BCUT2D eigenvalue weighted by Crippen LogP contribution is -2.15. The first-order chi connectivity index (χ1) is 15.8. The van der Waals surface area contributed by atoms with E-state index in [-0.39, 0.29) is 11.3 Å². The van der Waals surface area contributed by atoms with Gasteiger partial charge in [-0.25, -0.2) is 9.78 Å². The first-order valence-electron chi connectivity index (χ1n) is 10.3. The van der Waals surface area contributed by atoms with Gasteiger partial charge in [0.25, 0.3) is 5.69 Å². The number of carbonyl (C=O) groups excluding carboxylic acids is 2. The third-order valence-corrected chi connectivity index (χ3v) is 5.47. The molecule has 0 unspecified atom stereocenters. The maximum absolute atomic E-state index is 13.0. The molecule has 3 aromatic carbocycles. The molecule has 0 N–H and O–H groups in total. The summed E-state index contributed by atoms with van der Waals surface area (Å²) in [5.41, 5.74) is 4.83. The number of carbonyl (C=O) groups is 2. The van der Waals surface area contributed by atoms with Crippen LogP contribution in [-0.4, -0.2) is 28.3 Å². The molecule has 0 spiro atoms. The van der Waals surface area contributed by atoms with Gasteiger partial charge >= 0.3 is 5.97 Å². The number of nitrogens with zero attached hydrogens (tertiary/aromatic N) is 2. The van der Waals surface area contributed by atoms with Crippen LogP contribution < -0.4 is 0 Å². The predicted molar refractivity (Wildman–Crippen MR) is 124 cm³/mol. The van der Waals surface area contributed by atoms with Crippen LogP contribution in [0, 0.1) is 24.0 Å². The number of hydrogen-bond acceptors (Lipinski definition) is 6. The minimum Gasteiger partial charge on any atom is -0.454 e. The molecule has 1 aromatic heterocycles. The Morgan fingerprint density at radius 2 is 1.67 bits per heavy atom. The van der Waals surface area contributed by atoms with Crippen molar-refractivity contribution in [1.29, 1.82) is 0 Å². The quantitative estimate of drug-likeness (QED) is 0.171. The van der Waals surface area contributed by atoms with Crippen LogP contribution in [0.1, 0.15) is 31.8 Å². The van der Waals surface area contributed by atoms with Gasteiger partial charge in [-0.15, -0.1) is 0 Å². The van der Waals surface area contributed by atoms with Gasteiger partial charge in [-0.2, -0.15) is 0 Å². The van der Waals surface area contributed by atoms with E-state index in [0.717, 1.165) is 16.7 Å². The number of benzene rings is 3. The van der Waals surface area contributed by atoms with Crippen LogP contribution in [0.3, 0.4) is 0 Å². The number of pyridine rings is 1. The highest BCUT2D eigenvalue weighted by Gasteiger charge is 2.18. The number of nitro groups is 1. The number of esters is 1. The second-order valence-electron chi connectivity index (χ2n) is 7.67. The van der Waals surface area contributed by atoms with Crippen molar-refractivity contribution >= 4 is 28.3 Å². The van der Waals surface area contributed by atoms with Gasteiger partial charge in [0, 0.05) is 28.6 Å². The lowest BCUT2D eigenvalue weighted by atomic mass is 10.0. The van der Waals surface area contributed by atoms with E-state index in [2.05, 4.69) is 0 Å². The first-order valence-corrected chi connectivity index (χ1v) is 10.3. The number of para-hydroxylation sites is 1. The second-order valence-corrected chi connectivity index (χ2v) is 7.67. The van der Waals surface area contributed by atoms with Crippen molar-refractivity contribution in [2.24, 2.45) is 0 Å². The highest BCUT2D eigenvalue weighted by molar-refractivity contribution is 6.06. The topological polar surface area (TPSA) is 99.4 Å². The summed E-state index contributed by atoms with van der Waals surface area (Å²) in [4.78, 5) is 40.3. The highest BCUT2D eigenvalue weighted by atomic mass is 16.6. The molecule has 33 heavy (non-hydrogen) atoms. The molecule has 0 fully saturated rings. The lowest BCUT2D eigenvalue weighted by molar-refractivity contribution is -0.384. The van der Waals surface area contributed by atoms with E-state index in [1.165, 1.54) is 24.3 Å². The Labute approximate surface area is 189 Å². The van der Waals surface area contributed by atoms with E-state index in [0.29, 0.717) is 22.2 Å². The van der Waals surface area contributed by atoms with Crippen molar-refractivity contribution in [1.82, 2.24) is 4.98 Å². The van der Waals surface area contributed by atoms with Crippen molar-refractivity contribution in [3.63, 3.8) is 0 Å². The number of non-ortho nitro benzene ring substituents is 1. The molecule has 1 heterocycles. The summed E-state index contributed by atoms with van der Waals surface area (Å²) in [6.45, 7) is 3.56. The molecular formula is C26H20N2O5. The molecule has 0 atom stereocenters. The molecule has 0 aliphatic carbocycles. The SMILES string of the molecule is Cc1ccc(-c2cc(C(=O)OCC(=O)c3ccc([N+](=O)[O-])cc3)c3ccccc3n2)cc1C. The fourth-order valence-corrected chi connectivity index (χ4v) is 3.45. The van der Waals surface area contributed by atoms with Crippen molar-refractivity contribution < 1.29 is 19.2 Å². The van der Waals surface area contributed by atoms with Crippen molar-refractivity contribution in [2.75, 3.05) is 6.61 Å². The van der Waals surface area contributed by atoms with E-state index < -0.39 is 23.3 Å². The number of fused-ring (bicyclic) bond motifs is 1. The van der Waals surface area contributed by atoms with E-state index in [9.17, 15) is 19.7 Å². The largest absolute Gasteiger partial charge is 0.454 e.